The fourth-order valence-corrected chi connectivity index (χ4v) is 1.30. The maximum absolute atomic E-state index is 11.4. The maximum atomic E-state index is 11.4. The molecule has 4 nitrogen and oxygen atoms in total. The number of carbonyl (C=O) groups is 1. The minimum atomic E-state index is -1.56. The van der Waals surface area contributed by atoms with Gasteiger partial charge in [-0.05, 0) is 25.5 Å². The van der Waals surface area contributed by atoms with Crippen molar-refractivity contribution in [3.8, 4) is 0 Å². The van der Waals surface area contributed by atoms with Crippen LogP contribution >= 0.6 is 0 Å². The van der Waals surface area contributed by atoms with Gasteiger partial charge in [-0.15, -0.1) is 0 Å². The minimum Gasteiger partial charge on any atom is -0.286 e. The van der Waals surface area contributed by atoms with Gasteiger partial charge in [-0.1, -0.05) is 6.08 Å². The molecule has 13 heavy (non-hydrogen) atoms. The molecule has 70 valence electrons. The summed E-state index contributed by atoms with van der Waals surface area (Å²) in [6.07, 6.45) is 2.99. The van der Waals surface area contributed by atoms with Gasteiger partial charge in [-0.3, -0.25) is 14.9 Å². The lowest BCUT2D eigenvalue weighted by Crippen LogP contribution is -2.45. The Hall–Kier alpha value is -1.45. The van der Waals surface area contributed by atoms with E-state index in [4.69, 9.17) is 0 Å². The molecule has 0 radical (unpaired) electrons. The molecule has 1 unspecified atom stereocenters. The van der Waals surface area contributed by atoms with Crippen molar-refractivity contribution in [3.63, 3.8) is 0 Å². The van der Waals surface area contributed by atoms with Gasteiger partial charge in [0, 0.05) is 17.4 Å². The molecule has 0 N–H and O–H groups in total. The lowest BCUT2D eigenvalue weighted by molar-refractivity contribution is -0.535. The van der Waals surface area contributed by atoms with Crippen LogP contribution in [-0.2, 0) is 4.79 Å². The number of ketones is 1. The molecule has 0 fully saturated rings. The van der Waals surface area contributed by atoms with E-state index in [1.54, 1.807) is 19.9 Å². The SMILES string of the molecule is CC1=CC(=O)C(C)([N+](=O)[O-])C(C)=C1. The molecule has 1 atom stereocenters. The molecule has 0 aromatic rings. The van der Waals surface area contributed by atoms with Gasteiger partial charge in [0.15, 0.2) is 0 Å². The van der Waals surface area contributed by atoms with Crippen LogP contribution in [0.3, 0.4) is 0 Å². The molecule has 0 aromatic carbocycles. The summed E-state index contributed by atoms with van der Waals surface area (Å²) in [6.45, 7) is 4.70. The number of hydrogen-bond acceptors (Lipinski definition) is 3. The van der Waals surface area contributed by atoms with Crippen molar-refractivity contribution in [2.75, 3.05) is 0 Å². The van der Waals surface area contributed by atoms with Crippen LogP contribution in [0.1, 0.15) is 20.8 Å². The van der Waals surface area contributed by atoms with Crippen molar-refractivity contribution in [3.05, 3.63) is 33.4 Å². The zero-order valence-electron chi connectivity index (χ0n) is 7.83. The Balaban J connectivity index is 3.25. The summed E-state index contributed by atoms with van der Waals surface area (Å²) in [5.41, 5.74) is -0.302. The van der Waals surface area contributed by atoms with E-state index in [0.29, 0.717) is 5.57 Å². The molecule has 0 aromatic heterocycles. The third kappa shape index (κ3) is 1.28. The molecule has 0 bridgehead atoms. The summed E-state index contributed by atoms with van der Waals surface area (Å²) in [5, 5.41) is 10.7. The van der Waals surface area contributed by atoms with Crippen LogP contribution < -0.4 is 0 Å². The molecular weight excluding hydrogens is 170 g/mol. The Morgan fingerprint density at radius 1 is 1.38 bits per heavy atom. The Kier molecular flexibility index (Phi) is 2.07. The van der Waals surface area contributed by atoms with Crippen LogP contribution in [0.5, 0.6) is 0 Å². The average Bonchev–Trinajstić information content (AvgIpc) is 1.99. The van der Waals surface area contributed by atoms with Gasteiger partial charge in [-0.2, -0.15) is 0 Å². The van der Waals surface area contributed by atoms with Crippen molar-refractivity contribution in [2.24, 2.45) is 0 Å². The first-order valence-electron chi connectivity index (χ1n) is 3.95. The second-order valence-corrected chi connectivity index (χ2v) is 3.41. The van der Waals surface area contributed by atoms with Gasteiger partial charge in [0.2, 0.25) is 5.78 Å². The van der Waals surface area contributed by atoms with E-state index in [1.165, 1.54) is 13.0 Å². The molecule has 0 heterocycles. The Labute approximate surface area is 76.1 Å². The predicted molar refractivity (Wildman–Crippen MR) is 47.9 cm³/mol. The van der Waals surface area contributed by atoms with E-state index < -0.39 is 16.2 Å². The number of hydrogen-bond donors (Lipinski definition) is 0. The van der Waals surface area contributed by atoms with E-state index >= 15 is 0 Å². The molecular formula is C9H11NO3. The van der Waals surface area contributed by atoms with E-state index in [9.17, 15) is 14.9 Å². The largest absolute Gasteiger partial charge is 0.301 e. The fraction of sp³-hybridized carbons (Fsp3) is 0.444. The van der Waals surface area contributed by atoms with Crippen LogP contribution in [-0.4, -0.2) is 16.2 Å². The topological polar surface area (TPSA) is 60.2 Å². The van der Waals surface area contributed by atoms with Crippen molar-refractivity contribution in [1.82, 2.24) is 0 Å². The first kappa shape index (κ1) is 9.64. The smallest absolute Gasteiger partial charge is 0.286 e. The molecule has 1 aliphatic rings. The molecule has 0 amide bonds. The Bertz CT molecular complexity index is 341. The van der Waals surface area contributed by atoms with E-state index in [0.717, 1.165) is 5.57 Å². The predicted octanol–water partition coefficient (Wildman–Crippen LogP) is 1.50. The van der Waals surface area contributed by atoms with Crippen molar-refractivity contribution in [2.45, 2.75) is 26.3 Å². The highest BCUT2D eigenvalue weighted by Crippen LogP contribution is 2.27. The molecule has 0 saturated carbocycles. The van der Waals surface area contributed by atoms with Crippen LogP contribution in [0.2, 0.25) is 0 Å². The lowest BCUT2D eigenvalue weighted by atomic mass is 9.83. The van der Waals surface area contributed by atoms with E-state index in [2.05, 4.69) is 0 Å². The van der Waals surface area contributed by atoms with Crippen molar-refractivity contribution in [1.29, 1.82) is 0 Å². The molecule has 4 heteroatoms. The second kappa shape index (κ2) is 2.80. The van der Waals surface area contributed by atoms with Gasteiger partial charge < -0.3 is 0 Å². The summed E-state index contributed by atoms with van der Waals surface area (Å²) >= 11 is 0. The summed E-state index contributed by atoms with van der Waals surface area (Å²) in [6, 6.07) is 0. The van der Waals surface area contributed by atoms with E-state index in [-0.39, 0.29) is 0 Å². The molecule has 0 spiro atoms. The van der Waals surface area contributed by atoms with Gasteiger partial charge in [0.25, 0.3) is 0 Å². The van der Waals surface area contributed by atoms with Crippen LogP contribution in [0.25, 0.3) is 0 Å². The van der Waals surface area contributed by atoms with Gasteiger partial charge in [0.05, 0.1) is 0 Å². The van der Waals surface area contributed by atoms with E-state index in [1.807, 2.05) is 0 Å². The average molecular weight is 181 g/mol. The highest BCUT2D eigenvalue weighted by molar-refractivity contribution is 6.01. The Morgan fingerprint density at radius 2 is 1.92 bits per heavy atom. The molecule has 0 aliphatic heterocycles. The standard InChI is InChI=1S/C9H11NO3/c1-6-4-7(2)9(3,10(12)13)8(11)5-6/h4-5H,1-3H3. The molecule has 1 aliphatic carbocycles. The summed E-state index contributed by atoms with van der Waals surface area (Å²) in [5.74, 6) is -0.449. The first-order chi connectivity index (χ1) is 5.89. The van der Waals surface area contributed by atoms with Crippen molar-refractivity contribution >= 4 is 5.78 Å². The number of carbonyl (C=O) groups excluding carboxylic acids is 1. The number of allylic oxidation sites excluding steroid dienone is 2. The third-order valence-corrected chi connectivity index (χ3v) is 2.42. The zero-order chi connectivity index (χ0) is 10.2. The summed E-state index contributed by atoms with van der Waals surface area (Å²) < 4.78 is 0. The third-order valence-electron chi connectivity index (χ3n) is 2.42. The zero-order valence-corrected chi connectivity index (χ0v) is 7.83. The normalized spacial score (nSPS) is 28.1. The fourth-order valence-electron chi connectivity index (χ4n) is 1.30. The number of nitro groups is 1. The Morgan fingerprint density at radius 3 is 2.31 bits per heavy atom. The summed E-state index contributed by atoms with van der Waals surface area (Å²) in [4.78, 5) is 21.6. The molecule has 0 saturated heterocycles. The van der Waals surface area contributed by atoms with Crippen LogP contribution in [0.4, 0.5) is 0 Å². The maximum Gasteiger partial charge on any atom is 0.301 e. The first-order valence-corrected chi connectivity index (χ1v) is 3.95. The second-order valence-electron chi connectivity index (χ2n) is 3.41. The minimum absolute atomic E-state index is 0.449. The molecule has 1 rings (SSSR count). The van der Waals surface area contributed by atoms with Gasteiger partial charge in [-0.25, -0.2) is 0 Å². The van der Waals surface area contributed by atoms with Crippen LogP contribution in [0.15, 0.2) is 23.3 Å². The van der Waals surface area contributed by atoms with Crippen molar-refractivity contribution < 1.29 is 9.72 Å². The van der Waals surface area contributed by atoms with Gasteiger partial charge in [0.1, 0.15) is 0 Å². The monoisotopic (exact) mass is 181 g/mol. The van der Waals surface area contributed by atoms with Gasteiger partial charge >= 0.3 is 5.54 Å². The highest BCUT2D eigenvalue weighted by atomic mass is 16.6. The quantitative estimate of drug-likeness (QED) is 0.455. The number of nitrogens with zero attached hydrogens (tertiary/aromatic N) is 1. The highest BCUT2D eigenvalue weighted by Gasteiger charge is 2.47. The van der Waals surface area contributed by atoms with Crippen LogP contribution in [0, 0.1) is 10.1 Å². The summed E-state index contributed by atoms with van der Waals surface area (Å²) in [7, 11) is 0. The number of rotatable bonds is 1. The lowest BCUT2D eigenvalue weighted by Gasteiger charge is -2.22.